The van der Waals surface area contributed by atoms with Crippen LogP contribution >= 0.6 is 0 Å². The van der Waals surface area contributed by atoms with Crippen LogP contribution < -0.4 is 20.1 Å². The Labute approximate surface area is 265 Å². The Morgan fingerprint density at radius 2 is 1.78 bits per heavy atom. The Bertz CT molecular complexity index is 1520. The minimum absolute atomic E-state index is 0.0194. The number of methoxy groups -OCH3 is 2. The van der Waals surface area contributed by atoms with Crippen molar-refractivity contribution in [3.8, 4) is 11.5 Å². The molecule has 3 heterocycles. The highest BCUT2D eigenvalue weighted by molar-refractivity contribution is 6.02. The van der Waals surface area contributed by atoms with Crippen LogP contribution in [0.15, 0.2) is 48.6 Å². The van der Waals surface area contributed by atoms with E-state index < -0.39 is 29.6 Å². The largest absolute Gasteiger partial charge is 0.493 e. The van der Waals surface area contributed by atoms with E-state index in [0.717, 1.165) is 36.0 Å². The summed E-state index contributed by atoms with van der Waals surface area (Å²) in [5.41, 5.74) is 2.60. The van der Waals surface area contributed by atoms with Crippen molar-refractivity contribution in [1.82, 2.24) is 10.2 Å². The van der Waals surface area contributed by atoms with E-state index in [1.54, 1.807) is 19.1 Å². The van der Waals surface area contributed by atoms with E-state index in [1.807, 2.05) is 62.4 Å². The molecule has 4 aliphatic rings. The summed E-state index contributed by atoms with van der Waals surface area (Å²) in [6, 6.07) is 10.6. The molecule has 2 bridgehead atoms. The molecule has 9 heteroatoms. The lowest BCUT2D eigenvalue weighted by atomic mass is 9.73. The summed E-state index contributed by atoms with van der Waals surface area (Å²) in [4.78, 5) is 44.2. The SMILES string of the molecule is COc1ccc(CCN2C(=O)[C@H]3[C@H](C(=O)Nc4ccc(C)c(C)c4)[C@H]4C=C[C@@]3(O4)[C@@H]2C(=O)N[C@@H]2CCC[C@@H](C)[C@@H]2C)cc1OC. The molecule has 1 spiro atoms. The number of anilines is 1. The highest BCUT2D eigenvalue weighted by atomic mass is 16.5. The fraction of sp³-hybridized carbons (Fsp3) is 0.528. The van der Waals surface area contributed by atoms with Gasteiger partial charge in [0.1, 0.15) is 11.6 Å². The third kappa shape index (κ3) is 5.39. The van der Waals surface area contributed by atoms with Crippen LogP contribution in [0, 0.1) is 37.5 Å². The molecular formula is C36H45N3O6. The van der Waals surface area contributed by atoms with Crippen molar-refractivity contribution in [2.45, 2.75) is 77.2 Å². The highest BCUT2D eigenvalue weighted by Gasteiger charge is 2.72. The third-order valence-electron chi connectivity index (χ3n) is 10.8. The van der Waals surface area contributed by atoms with E-state index in [1.165, 1.54) is 0 Å². The molecule has 1 aliphatic carbocycles. The smallest absolute Gasteiger partial charge is 0.246 e. The predicted molar refractivity (Wildman–Crippen MR) is 171 cm³/mol. The van der Waals surface area contributed by atoms with E-state index in [2.05, 4.69) is 24.5 Å². The van der Waals surface area contributed by atoms with Crippen LogP contribution in [-0.4, -0.2) is 67.2 Å². The number of fused-ring (bicyclic) bond motifs is 1. The normalized spacial score (nSPS) is 31.6. The Kier molecular flexibility index (Phi) is 8.41. The summed E-state index contributed by atoms with van der Waals surface area (Å²) in [6.07, 6.45) is 6.73. The van der Waals surface area contributed by atoms with Crippen molar-refractivity contribution < 1.29 is 28.6 Å². The van der Waals surface area contributed by atoms with Gasteiger partial charge < -0.3 is 29.7 Å². The van der Waals surface area contributed by atoms with Gasteiger partial charge in [-0.3, -0.25) is 14.4 Å². The number of hydrogen-bond acceptors (Lipinski definition) is 6. The first-order valence-electron chi connectivity index (χ1n) is 16.1. The van der Waals surface area contributed by atoms with E-state index in [-0.39, 0.29) is 30.3 Å². The van der Waals surface area contributed by atoms with Gasteiger partial charge in [0, 0.05) is 18.3 Å². The molecule has 6 rings (SSSR count). The van der Waals surface area contributed by atoms with Crippen LogP contribution in [0.4, 0.5) is 5.69 Å². The van der Waals surface area contributed by atoms with E-state index in [4.69, 9.17) is 14.2 Å². The maximum atomic E-state index is 14.4. The number of carbonyl (C=O) groups is 3. The molecule has 8 atom stereocenters. The molecule has 3 amide bonds. The number of likely N-dealkylation sites (tertiary alicyclic amines) is 1. The molecule has 0 radical (unpaired) electrons. The molecule has 2 saturated heterocycles. The highest BCUT2D eigenvalue weighted by Crippen LogP contribution is 2.55. The van der Waals surface area contributed by atoms with Crippen molar-refractivity contribution in [1.29, 1.82) is 0 Å². The second kappa shape index (κ2) is 12.2. The van der Waals surface area contributed by atoms with Gasteiger partial charge in [-0.05, 0) is 79.5 Å². The summed E-state index contributed by atoms with van der Waals surface area (Å²) in [5.74, 6) is -0.239. The van der Waals surface area contributed by atoms with Crippen molar-refractivity contribution in [3.63, 3.8) is 0 Å². The number of rotatable bonds is 9. The summed E-state index contributed by atoms with van der Waals surface area (Å²) in [7, 11) is 3.17. The number of nitrogens with one attached hydrogen (secondary N) is 2. The molecule has 3 aliphatic heterocycles. The number of benzene rings is 2. The van der Waals surface area contributed by atoms with Gasteiger partial charge in [0.15, 0.2) is 11.5 Å². The van der Waals surface area contributed by atoms with Gasteiger partial charge in [0.05, 0.1) is 32.2 Å². The standard InChI is InChI=1S/C36H45N3O6/c1-20-10-12-25(18-22(20)3)37-33(40)30-28-14-16-36(45-28)31(30)35(42)39(17-15-24-11-13-27(43-5)29(19-24)44-6)32(36)34(41)38-26-9-7-8-21(2)23(26)4/h10-14,16,18-19,21,23,26,28,30-32H,7-9,15,17H2,1-6H3,(H,37,40)(H,38,41)/t21-,23+,26-,28-,30-,31-,32+,36+/m1/s1. The second-order valence-electron chi connectivity index (χ2n) is 13.3. The first-order valence-corrected chi connectivity index (χ1v) is 16.1. The van der Waals surface area contributed by atoms with Gasteiger partial charge >= 0.3 is 0 Å². The number of ether oxygens (including phenoxy) is 3. The van der Waals surface area contributed by atoms with Gasteiger partial charge in [-0.15, -0.1) is 0 Å². The molecule has 2 aromatic carbocycles. The summed E-state index contributed by atoms with van der Waals surface area (Å²) < 4.78 is 17.4. The van der Waals surface area contributed by atoms with Crippen LogP contribution in [0.25, 0.3) is 0 Å². The lowest BCUT2D eigenvalue weighted by Gasteiger charge is -2.38. The molecule has 0 unspecified atom stereocenters. The van der Waals surface area contributed by atoms with Crippen molar-refractivity contribution in [2.24, 2.45) is 23.7 Å². The Balaban J connectivity index is 1.30. The molecule has 0 aromatic heterocycles. The third-order valence-corrected chi connectivity index (χ3v) is 10.8. The molecule has 240 valence electrons. The zero-order chi connectivity index (χ0) is 32.0. The molecule has 3 fully saturated rings. The topological polar surface area (TPSA) is 106 Å². The first kappa shape index (κ1) is 31.1. The van der Waals surface area contributed by atoms with E-state index in [0.29, 0.717) is 35.4 Å². The lowest BCUT2D eigenvalue weighted by molar-refractivity contribution is -0.141. The minimum Gasteiger partial charge on any atom is -0.493 e. The monoisotopic (exact) mass is 615 g/mol. The Morgan fingerprint density at radius 3 is 2.51 bits per heavy atom. The van der Waals surface area contributed by atoms with E-state index >= 15 is 0 Å². The van der Waals surface area contributed by atoms with Gasteiger partial charge in [0.2, 0.25) is 17.7 Å². The number of hydrogen-bond donors (Lipinski definition) is 2. The Morgan fingerprint density at radius 1 is 1.00 bits per heavy atom. The lowest BCUT2D eigenvalue weighted by Crippen LogP contribution is -2.58. The van der Waals surface area contributed by atoms with Gasteiger partial charge in [-0.2, -0.15) is 0 Å². The molecule has 1 saturated carbocycles. The van der Waals surface area contributed by atoms with Crippen molar-refractivity contribution >= 4 is 23.4 Å². The maximum Gasteiger partial charge on any atom is 0.246 e. The van der Waals surface area contributed by atoms with Crippen LogP contribution in [0.2, 0.25) is 0 Å². The van der Waals surface area contributed by atoms with Gasteiger partial charge in [-0.25, -0.2) is 0 Å². The Hall–Kier alpha value is -3.85. The minimum atomic E-state index is -1.21. The zero-order valence-corrected chi connectivity index (χ0v) is 27.1. The predicted octanol–water partition coefficient (Wildman–Crippen LogP) is 4.59. The second-order valence-corrected chi connectivity index (χ2v) is 13.3. The van der Waals surface area contributed by atoms with E-state index in [9.17, 15) is 14.4 Å². The maximum absolute atomic E-state index is 14.4. The molecule has 9 nitrogen and oxygen atoms in total. The average Bonchev–Trinajstić information content (AvgIpc) is 3.67. The quantitative estimate of drug-likeness (QED) is 0.400. The van der Waals surface area contributed by atoms with Gasteiger partial charge in [-0.1, -0.05) is 51.0 Å². The van der Waals surface area contributed by atoms with Crippen molar-refractivity contribution in [3.05, 3.63) is 65.2 Å². The molecule has 45 heavy (non-hydrogen) atoms. The fourth-order valence-corrected chi connectivity index (χ4v) is 7.89. The molecular weight excluding hydrogens is 570 g/mol. The van der Waals surface area contributed by atoms with Crippen LogP contribution in [0.5, 0.6) is 11.5 Å². The number of amides is 3. The van der Waals surface area contributed by atoms with Crippen LogP contribution in [-0.2, 0) is 25.5 Å². The van der Waals surface area contributed by atoms with Crippen LogP contribution in [0.1, 0.15) is 49.8 Å². The summed E-state index contributed by atoms with van der Waals surface area (Å²) in [5, 5.41) is 6.36. The fourth-order valence-electron chi connectivity index (χ4n) is 7.89. The number of aryl methyl sites for hydroxylation is 2. The van der Waals surface area contributed by atoms with Crippen LogP contribution in [0.3, 0.4) is 0 Å². The number of carbonyl (C=O) groups excluding carboxylic acids is 3. The zero-order valence-electron chi connectivity index (χ0n) is 27.1. The number of nitrogens with zero attached hydrogens (tertiary/aromatic N) is 1. The molecule has 2 aromatic rings. The first-order chi connectivity index (χ1) is 21.6. The van der Waals surface area contributed by atoms with Crippen molar-refractivity contribution in [2.75, 3.05) is 26.1 Å². The summed E-state index contributed by atoms with van der Waals surface area (Å²) in [6.45, 7) is 8.73. The summed E-state index contributed by atoms with van der Waals surface area (Å²) >= 11 is 0. The average molecular weight is 616 g/mol. The van der Waals surface area contributed by atoms with Gasteiger partial charge in [0.25, 0.3) is 0 Å². The molecule has 2 N–H and O–H groups in total.